The van der Waals surface area contributed by atoms with Crippen LogP contribution in [0.5, 0.6) is 0 Å². The summed E-state index contributed by atoms with van der Waals surface area (Å²) in [5.74, 6) is 0.518. The van der Waals surface area contributed by atoms with E-state index in [1.165, 1.54) is 11.3 Å². The van der Waals surface area contributed by atoms with Gasteiger partial charge in [0.1, 0.15) is 10.9 Å². The Bertz CT molecular complexity index is 477. The Morgan fingerprint density at radius 1 is 1.53 bits per heavy atom. The third kappa shape index (κ3) is 3.18. The Labute approximate surface area is 117 Å². The number of nitrogen functional groups attached to an aromatic ring is 1. The zero-order chi connectivity index (χ0) is 13.8. The Balaban J connectivity index is 2.09. The average Bonchev–Trinajstić information content (AvgIpc) is 3.19. The van der Waals surface area contributed by atoms with Crippen molar-refractivity contribution in [2.45, 2.75) is 24.9 Å². The van der Waals surface area contributed by atoms with Gasteiger partial charge < -0.3 is 20.5 Å². The molecule has 1 heterocycles. The van der Waals surface area contributed by atoms with Crippen LogP contribution in [0, 0.1) is 11.3 Å². The molecule has 1 unspecified atom stereocenters. The molecule has 0 amide bonds. The number of nitrogens with one attached hydrogen (secondary N) is 1. The van der Waals surface area contributed by atoms with Crippen LogP contribution in [0.4, 0.5) is 10.7 Å². The molecule has 1 aliphatic rings. The highest BCUT2D eigenvalue weighted by Gasteiger charge is 2.31. The predicted molar refractivity (Wildman–Crippen MR) is 76.6 cm³/mol. The van der Waals surface area contributed by atoms with Crippen molar-refractivity contribution in [3.05, 3.63) is 10.4 Å². The third-order valence-electron chi connectivity index (χ3n) is 3.25. The average molecular weight is 281 g/mol. The van der Waals surface area contributed by atoms with Crippen LogP contribution >= 0.6 is 11.3 Å². The minimum absolute atomic E-state index is 0.00841. The largest absolute Gasteiger partial charge is 0.397 e. The van der Waals surface area contributed by atoms with E-state index in [0.717, 1.165) is 23.4 Å². The monoisotopic (exact) mass is 281 g/mol. The molecule has 1 saturated carbocycles. The molecule has 104 valence electrons. The Hall–Kier alpha value is -1.29. The lowest BCUT2D eigenvalue weighted by molar-refractivity contribution is 0.0366. The van der Waals surface area contributed by atoms with Crippen LogP contribution in [0.3, 0.4) is 0 Å². The lowest BCUT2D eigenvalue weighted by Crippen LogP contribution is -2.26. The van der Waals surface area contributed by atoms with Crippen molar-refractivity contribution < 1.29 is 9.47 Å². The second-order valence-corrected chi connectivity index (χ2v) is 5.69. The zero-order valence-electron chi connectivity index (χ0n) is 11.2. The zero-order valence-corrected chi connectivity index (χ0v) is 12.0. The first-order chi connectivity index (χ1) is 9.21. The maximum absolute atomic E-state index is 9.07. The minimum Gasteiger partial charge on any atom is -0.397 e. The Kier molecular flexibility index (Phi) is 4.64. The summed E-state index contributed by atoms with van der Waals surface area (Å²) in [6.07, 6.45) is 2.31. The summed E-state index contributed by atoms with van der Waals surface area (Å²) in [5, 5.41) is 13.4. The maximum atomic E-state index is 9.07. The second-order valence-electron chi connectivity index (χ2n) is 4.67. The predicted octanol–water partition coefficient (Wildman–Crippen LogP) is 2.15. The van der Waals surface area contributed by atoms with E-state index in [2.05, 4.69) is 11.4 Å². The van der Waals surface area contributed by atoms with Crippen molar-refractivity contribution in [1.29, 1.82) is 5.26 Å². The summed E-state index contributed by atoms with van der Waals surface area (Å²) < 4.78 is 10.4. The van der Waals surface area contributed by atoms with Crippen LogP contribution in [0.15, 0.2) is 0 Å². The maximum Gasteiger partial charge on any atom is 0.130 e. The van der Waals surface area contributed by atoms with Gasteiger partial charge in [-0.1, -0.05) is 0 Å². The Morgan fingerprint density at radius 3 is 2.79 bits per heavy atom. The number of thiophene rings is 1. The summed E-state index contributed by atoms with van der Waals surface area (Å²) in [5.41, 5.74) is 7.82. The molecule has 0 spiro atoms. The molecular formula is C13H19N3O2S. The molecule has 1 aromatic heterocycles. The molecule has 0 aromatic carbocycles. The van der Waals surface area contributed by atoms with Crippen molar-refractivity contribution in [2.75, 3.05) is 38.4 Å². The fraction of sp³-hybridized carbons (Fsp3) is 0.615. The van der Waals surface area contributed by atoms with E-state index in [-0.39, 0.29) is 6.10 Å². The first kappa shape index (κ1) is 14.1. The van der Waals surface area contributed by atoms with Crippen LogP contribution < -0.4 is 11.1 Å². The standard InChI is InChI=1S/C13H19N3O2S/c1-17-7-9(18-2)6-16-13-11(8-3-4-8)12(15)10(5-14)19-13/h8-9,16H,3-4,6-7,15H2,1-2H3. The number of nitriles is 1. The van der Waals surface area contributed by atoms with E-state index in [1.807, 2.05) is 0 Å². The van der Waals surface area contributed by atoms with Gasteiger partial charge in [0.05, 0.1) is 23.4 Å². The first-order valence-corrected chi connectivity index (χ1v) is 7.10. The molecule has 0 aliphatic heterocycles. The van der Waals surface area contributed by atoms with Gasteiger partial charge in [-0.15, -0.1) is 11.3 Å². The van der Waals surface area contributed by atoms with Gasteiger partial charge >= 0.3 is 0 Å². The molecule has 1 atom stereocenters. The lowest BCUT2D eigenvalue weighted by atomic mass is 10.1. The van der Waals surface area contributed by atoms with E-state index < -0.39 is 0 Å². The number of rotatable bonds is 7. The van der Waals surface area contributed by atoms with E-state index in [1.54, 1.807) is 14.2 Å². The number of hydrogen-bond donors (Lipinski definition) is 2. The van der Waals surface area contributed by atoms with Gasteiger partial charge in [0, 0.05) is 26.3 Å². The van der Waals surface area contributed by atoms with Crippen molar-refractivity contribution in [1.82, 2.24) is 0 Å². The first-order valence-electron chi connectivity index (χ1n) is 6.29. The lowest BCUT2D eigenvalue weighted by Gasteiger charge is -2.15. The fourth-order valence-corrected chi connectivity index (χ4v) is 3.06. The van der Waals surface area contributed by atoms with Gasteiger partial charge in [0.25, 0.3) is 0 Å². The van der Waals surface area contributed by atoms with Crippen molar-refractivity contribution >= 4 is 22.0 Å². The summed E-state index contributed by atoms with van der Waals surface area (Å²) in [7, 11) is 3.31. The summed E-state index contributed by atoms with van der Waals surface area (Å²) in [4.78, 5) is 0.602. The highest BCUT2D eigenvalue weighted by molar-refractivity contribution is 7.17. The van der Waals surface area contributed by atoms with E-state index >= 15 is 0 Å². The molecule has 0 bridgehead atoms. The van der Waals surface area contributed by atoms with Crippen molar-refractivity contribution in [3.8, 4) is 6.07 Å². The summed E-state index contributed by atoms with van der Waals surface area (Å²) in [6, 6.07) is 2.16. The summed E-state index contributed by atoms with van der Waals surface area (Å²) in [6.45, 7) is 1.18. The molecular weight excluding hydrogens is 262 g/mol. The molecule has 0 saturated heterocycles. The van der Waals surface area contributed by atoms with E-state index in [4.69, 9.17) is 20.5 Å². The molecule has 1 fully saturated rings. The van der Waals surface area contributed by atoms with E-state index in [9.17, 15) is 0 Å². The van der Waals surface area contributed by atoms with Gasteiger partial charge in [-0.05, 0) is 18.8 Å². The van der Waals surface area contributed by atoms with Gasteiger partial charge in [-0.2, -0.15) is 5.26 Å². The van der Waals surface area contributed by atoms with E-state index in [0.29, 0.717) is 29.6 Å². The van der Waals surface area contributed by atoms with Gasteiger partial charge in [-0.25, -0.2) is 0 Å². The summed E-state index contributed by atoms with van der Waals surface area (Å²) >= 11 is 1.43. The number of nitrogens with two attached hydrogens (primary N) is 1. The number of anilines is 2. The highest BCUT2D eigenvalue weighted by Crippen LogP contribution is 2.50. The number of hydrogen-bond acceptors (Lipinski definition) is 6. The SMILES string of the molecule is COCC(CNc1sc(C#N)c(N)c1C1CC1)OC. The molecule has 1 aliphatic carbocycles. The molecule has 3 N–H and O–H groups in total. The fourth-order valence-electron chi connectivity index (χ4n) is 2.05. The molecule has 6 heteroatoms. The number of methoxy groups -OCH3 is 2. The Morgan fingerprint density at radius 2 is 2.26 bits per heavy atom. The van der Waals surface area contributed by atoms with Gasteiger partial charge in [0.15, 0.2) is 0 Å². The van der Waals surface area contributed by atoms with Crippen LogP contribution in [0.1, 0.15) is 29.2 Å². The topological polar surface area (TPSA) is 80.3 Å². The van der Waals surface area contributed by atoms with Crippen LogP contribution in [0.25, 0.3) is 0 Å². The van der Waals surface area contributed by atoms with Crippen molar-refractivity contribution in [3.63, 3.8) is 0 Å². The van der Waals surface area contributed by atoms with Crippen LogP contribution in [-0.2, 0) is 9.47 Å². The minimum atomic E-state index is -0.00841. The molecule has 19 heavy (non-hydrogen) atoms. The molecule has 5 nitrogen and oxygen atoms in total. The number of nitrogens with zero attached hydrogens (tertiary/aromatic N) is 1. The van der Waals surface area contributed by atoms with Gasteiger partial charge in [0.2, 0.25) is 0 Å². The molecule has 2 rings (SSSR count). The van der Waals surface area contributed by atoms with Crippen molar-refractivity contribution in [2.24, 2.45) is 0 Å². The van der Waals surface area contributed by atoms with Crippen LogP contribution in [0.2, 0.25) is 0 Å². The normalized spacial score (nSPS) is 16.1. The number of ether oxygens (including phenoxy) is 2. The van der Waals surface area contributed by atoms with Gasteiger partial charge in [-0.3, -0.25) is 0 Å². The quantitative estimate of drug-likeness (QED) is 0.800. The highest BCUT2D eigenvalue weighted by atomic mass is 32.1. The smallest absolute Gasteiger partial charge is 0.130 e. The molecule has 1 aromatic rings. The second kappa shape index (κ2) is 6.24. The van der Waals surface area contributed by atoms with Crippen LogP contribution in [-0.4, -0.2) is 33.5 Å². The third-order valence-corrected chi connectivity index (χ3v) is 4.33. The molecule has 0 radical (unpaired) electrons.